The molecule has 0 bridgehead atoms. The van der Waals surface area contributed by atoms with Gasteiger partial charge in [-0.25, -0.2) is 0 Å². The van der Waals surface area contributed by atoms with Gasteiger partial charge in [0.05, 0.1) is 0 Å². The van der Waals surface area contributed by atoms with Crippen molar-refractivity contribution in [3.8, 4) is 0 Å². The largest absolute Gasteiger partial charge is 0.355 e. The molecule has 132 valence electrons. The van der Waals surface area contributed by atoms with E-state index in [1.165, 1.54) is 13.8 Å². The molecular weight excluding hydrogens is 308 g/mol. The van der Waals surface area contributed by atoms with Crippen LogP contribution in [0.1, 0.15) is 20.3 Å². The predicted octanol–water partition coefficient (Wildman–Crippen LogP) is 1.07. The third-order valence-electron chi connectivity index (χ3n) is 3.32. The van der Waals surface area contributed by atoms with Gasteiger partial charge in [0.2, 0.25) is 17.7 Å². The van der Waals surface area contributed by atoms with Crippen LogP contribution in [0.3, 0.4) is 0 Å². The number of hydrogen-bond acceptors (Lipinski definition) is 4. The molecule has 0 unspecified atom stereocenters. The molecule has 0 atom stereocenters. The quantitative estimate of drug-likeness (QED) is 0.745. The Morgan fingerprint density at radius 2 is 1.62 bits per heavy atom. The topological polar surface area (TPSA) is 81.8 Å². The van der Waals surface area contributed by atoms with Gasteiger partial charge in [0.25, 0.3) is 0 Å². The summed E-state index contributed by atoms with van der Waals surface area (Å²) in [5, 5.41) is 5.50. The van der Waals surface area contributed by atoms with Crippen LogP contribution in [-0.4, -0.2) is 56.4 Å². The zero-order chi connectivity index (χ0) is 18.1. The minimum absolute atomic E-state index is 0.0852. The number of carbonyl (C=O) groups excluding carboxylic acids is 3. The molecule has 1 aromatic rings. The Labute approximate surface area is 143 Å². The Kier molecular flexibility index (Phi) is 7.91. The Hall–Kier alpha value is -2.41. The standard InChI is InChI=1S/C17H26N4O3/c1-13(22)19-15-5-7-16(8-6-15)21(14(2)23)11-9-17(24)18-10-12-20(3)4/h5-8H,9-12H2,1-4H3,(H,18,24)(H,19,22). The van der Waals surface area contributed by atoms with E-state index in [9.17, 15) is 14.4 Å². The normalized spacial score (nSPS) is 10.4. The molecule has 7 heteroatoms. The second-order valence-electron chi connectivity index (χ2n) is 5.80. The fourth-order valence-electron chi connectivity index (χ4n) is 2.12. The molecule has 0 fully saturated rings. The molecule has 24 heavy (non-hydrogen) atoms. The van der Waals surface area contributed by atoms with E-state index in [4.69, 9.17) is 0 Å². The molecule has 0 saturated carbocycles. The number of hydrogen-bond donors (Lipinski definition) is 2. The summed E-state index contributed by atoms with van der Waals surface area (Å²) in [6, 6.07) is 6.95. The number of carbonyl (C=O) groups is 3. The average Bonchev–Trinajstić information content (AvgIpc) is 2.47. The van der Waals surface area contributed by atoms with Gasteiger partial charge in [0.1, 0.15) is 0 Å². The molecule has 1 aromatic carbocycles. The summed E-state index contributed by atoms with van der Waals surface area (Å²) in [4.78, 5) is 38.2. The van der Waals surface area contributed by atoms with Crippen LogP contribution in [0.25, 0.3) is 0 Å². The van der Waals surface area contributed by atoms with Crippen LogP contribution in [-0.2, 0) is 14.4 Å². The second kappa shape index (κ2) is 9.67. The maximum Gasteiger partial charge on any atom is 0.223 e. The summed E-state index contributed by atoms with van der Waals surface area (Å²) in [6.45, 7) is 4.56. The van der Waals surface area contributed by atoms with Crippen molar-refractivity contribution in [2.75, 3.05) is 43.9 Å². The van der Waals surface area contributed by atoms with Crippen LogP contribution >= 0.6 is 0 Å². The first-order valence-electron chi connectivity index (χ1n) is 7.86. The summed E-state index contributed by atoms with van der Waals surface area (Å²) in [6.07, 6.45) is 0.237. The Balaban J connectivity index is 2.59. The number of nitrogens with one attached hydrogen (secondary N) is 2. The highest BCUT2D eigenvalue weighted by Crippen LogP contribution is 2.18. The van der Waals surface area contributed by atoms with Crippen LogP contribution in [0, 0.1) is 0 Å². The molecule has 0 aliphatic rings. The van der Waals surface area contributed by atoms with Crippen molar-refractivity contribution < 1.29 is 14.4 Å². The summed E-state index contributed by atoms with van der Waals surface area (Å²) >= 11 is 0. The van der Waals surface area contributed by atoms with E-state index in [1.807, 2.05) is 19.0 Å². The third kappa shape index (κ3) is 7.23. The first-order valence-corrected chi connectivity index (χ1v) is 7.86. The molecule has 7 nitrogen and oxygen atoms in total. The molecule has 0 radical (unpaired) electrons. The highest BCUT2D eigenvalue weighted by Gasteiger charge is 2.13. The van der Waals surface area contributed by atoms with Crippen molar-refractivity contribution in [2.45, 2.75) is 20.3 Å². The minimum Gasteiger partial charge on any atom is -0.355 e. The fourth-order valence-corrected chi connectivity index (χ4v) is 2.12. The lowest BCUT2D eigenvalue weighted by molar-refractivity contribution is -0.121. The van der Waals surface area contributed by atoms with Gasteiger partial charge in [-0.05, 0) is 38.4 Å². The smallest absolute Gasteiger partial charge is 0.223 e. The first-order chi connectivity index (χ1) is 11.3. The molecule has 0 spiro atoms. The van der Waals surface area contributed by atoms with Gasteiger partial charge in [-0.1, -0.05) is 0 Å². The van der Waals surface area contributed by atoms with E-state index in [1.54, 1.807) is 29.2 Å². The third-order valence-corrected chi connectivity index (χ3v) is 3.32. The molecule has 3 amide bonds. The van der Waals surface area contributed by atoms with Gasteiger partial charge in [0, 0.05) is 51.3 Å². The van der Waals surface area contributed by atoms with Gasteiger partial charge >= 0.3 is 0 Å². The highest BCUT2D eigenvalue weighted by atomic mass is 16.2. The van der Waals surface area contributed by atoms with Gasteiger partial charge in [-0.15, -0.1) is 0 Å². The summed E-state index contributed by atoms with van der Waals surface area (Å²) in [5.41, 5.74) is 1.36. The lowest BCUT2D eigenvalue weighted by atomic mass is 10.2. The van der Waals surface area contributed by atoms with Crippen LogP contribution in [0.4, 0.5) is 11.4 Å². The van der Waals surface area contributed by atoms with E-state index in [0.717, 1.165) is 6.54 Å². The maximum atomic E-state index is 11.8. The number of benzene rings is 1. The van der Waals surface area contributed by atoms with E-state index < -0.39 is 0 Å². The number of amides is 3. The number of nitrogens with zero attached hydrogens (tertiary/aromatic N) is 2. The van der Waals surface area contributed by atoms with Crippen molar-refractivity contribution in [1.29, 1.82) is 0 Å². The van der Waals surface area contributed by atoms with Crippen molar-refractivity contribution >= 4 is 29.1 Å². The Bertz CT molecular complexity index is 570. The van der Waals surface area contributed by atoms with E-state index >= 15 is 0 Å². The van der Waals surface area contributed by atoms with Gasteiger partial charge < -0.3 is 20.4 Å². The molecule has 0 aliphatic carbocycles. The number of rotatable bonds is 8. The lowest BCUT2D eigenvalue weighted by Gasteiger charge is -2.21. The second-order valence-corrected chi connectivity index (χ2v) is 5.80. The predicted molar refractivity (Wildman–Crippen MR) is 95.0 cm³/mol. The summed E-state index contributed by atoms with van der Waals surface area (Å²) < 4.78 is 0. The molecule has 0 heterocycles. The van der Waals surface area contributed by atoms with Crippen LogP contribution in [0.2, 0.25) is 0 Å². The van der Waals surface area contributed by atoms with Crippen molar-refractivity contribution in [3.63, 3.8) is 0 Å². The lowest BCUT2D eigenvalue weighted by Crippen LogP contribution is -2.36. The molecule has 0 aromatic heterocycles. The summed E-state index contributed by atoms with van der Waals surface area (Å²) in [5.74, 6) is -0.373. The van der Waals surface area contributed by atoms with Crippen LogP contribution < -0.4 is 15.5 Å². The first kappa shape index (κ1) is 19.6. The SMILES string of the molecule is CC(=O)Nc1ccc(N(CCC(=O)NCCN(C)C)C(C)=O)cc1. The zero-order valence-corrected chi connectivity index (χ0v) is 14.8. The highest BCUT2D eigenvalue weighted by molar-refractivity contribution is 5.93. The van der Waals surface area contributed by atoms with Crippen molar-refractivity contribution in [3.05, 3.63) is 24.3 Å². The molecule has 0 saturated heterocycles. The monoisotopic (exact) mass is 334 g/mol. The van der Waals surface area contributed by atoms with Crippen molar-refractivity contribution in [1.82, 2.24) is 10.2 Å². The Morgan fingerprint density at radius 1 is 1.00 bits per heavy atom. The molecule has 1 rings (SSSR count). The van der Waals surface area contributed by atoms with Gasteiger partial charge in [-0.3, -0.25) is 14.4 Å². The maximum absolute atomic E-state index is 11.8. The van der Waals surface area contributed by atoms with E-state index in [-0.39, 0.29) is 24.1 Å². The van der Waals surface area contributed by atoms with E-state index in [2.05, 4.69) is 10.6 Å². The van der Waals surface area contributed by atoms with Crippen LogP contribution in [0.15, 0.2) is 24.3 Å². The molecular formula is C17H26N4O3. The van der Waals surface area contributed by atoms with Gasteiger partial charge in [-0.2, -0.15) is 0 Å². The van der Waals surface area contributed by atoms with Crippen molar-refractivity contribution in [2.24, 2.45) is 0 Å². The fraction of sp³-hybridized carbons (Fsp3) is 0.471. The average molecular weight is 334 g/mol. The van der Waals surface area contributed by atoms with E-state index in [0.29, 0.717) is 24.5 Å². The summed E-state index contributed by atoms with van der Waals surface area (Å²) in [7, 11) is 3.88. The zero-order valence-electron chi connectivity index (χ0n) is 14.8. The van der Waals surface area contributed by atoms with Crippen LogP contribution in [0.5, 0.6) is 0 Å². The Morgan fingerprint density at radius 3 is 2.12 bits per heavy atom. The van der Waals surface area contributed by atoms with Gasteiger partial charge in [0.15, 0.2) is 0 Å². The molecule has 2 N–H and O–H groups in total. The molecule has 0 aliphatic heterocycles. The minimum atomic E-state index is -0.152. The number of anilines is 2. The number of likely N-dealkylation sites (N-methyl/N-ethyl adjacent to an activating group) is 1.